The van der Waals surface area contributed by atoms with Crippen LogP contribution in [0.2, 0.25) is 5.02 Å². The highest BCUT2D eigenvalue weighted by atomic mass is 35.5. The van der Waals surface area contributed by atoms with Crippen LogP contribution >= 0.6 is 19.4 Å². The first kappa shape index (κ1) is 31.5. The average molecular weight is 595 g/mol. The third kappa shape index (κ3) is 6.65. The number of ether oxygens (including phenoxy) is 1. The Kier molecular flexibility index (Phi) is 8.75. The van der Waals surface area contributed by atoms with E-state index in [9.17, 15) is 28.3 Å². The zero-order valence-corrected chi connectivity index (χ0v) is 24.9. The number of amides is 1. The van der Waals surface area contributed by atoms with E-state index in [1.54, 1.807) is 48.5 Å². The predicted octanol–water partition coefficient (Wildman–Crippen LogP) is 6.85. The molecule has 40 heavy (non-hydrogen) atoms. The van der Waals surface area contributed by atoms with Crippen molar-refractivity contribution in [2.75, 3.05) is 5.32 Å². The lowest BCUT2D eigenvalue weighted by Gasteiger charge is -2.53. The molecule has 0 atom stereocenters. The maximum absolute atomic E-state index is 13.5. The van der Waals surface area contributed by atoms with Gasteiger partial charge < -0.3 is 19.8 Å². The molecule has 3 aromatic rings. The number of carbonyl (C=O) groups excluding carboxylic acids is 1. The molecular formula is C28H33ClFN2O7P. The molecule has 216 valence electrons. The van der Waals surface area contributed by atoms with Crippen LogP contribution in [0.3, 0.4) is 0 Å². The topological polar surface area (TPSA) is 127 Å². The van der Waals surface area contributed by atoms with Gasteiger partial charge in [-0.3, -0.25) is 18.7 Å². The van der Waals surface area contributed by atoms with Crippen LogP contribution in [0, 0.1) is 23.6 Å². The second-order valence-corrected chi connectivity index (χ2v) is 13.1. The van der Waals surface area contributed by atoms with Gasteiger partial charge in [-0.1, -0.05) is 53.1 Å². The van der Waals surface area contributed by atoms with Crippen molar-refractivity contribution in [1.29, 1.82) is 0 Å². The van der Waals surface area contributed by atoms with Crippen molar-refractivity contribution >= 4 is 31.0 Å². The van der Waals surface area contributed by atoms with Crippen LogP contribution < -0.4 is 15.6 Å². The molecule has 1 heterocycles. The number of rotatable bonds is 7. The molecule has 9 nitrogen and oxygen atoms in total. The van der Waals surface area contributed by atoms with Crippen LogP contribution in [0.25, 0.3) is 0 Å². The van der Waals surface area contributed by atoms with E-state index in [0.717, 1.165) is 10.6 Å². The van der Waals surface area contributed by atoms with E-state index in [4.69, 9.17) is 20.9 Å². The molecular weight excluding hydrogens is 562 g/mol. The Morgan fingerprint density at radius 1 is 0.975 bits per heavy atom. The van der Waals surface area contributed by atoms with Crippen molar-refractivity contribution in [2.24, 2.45) is 10.8 Å². The van der Waals surface area contributed by atoms with Crippen LogP contribution in [0.1, 0.15) is 57.5 Å². The number of aromatic nitrogens is 1. The van der Waals surface area contributed by atoms with Crippen LogP contribution in [0.4, 0.5) is 10.1 Å². The highest BCUT2D eigenvalue weighted by Gasteiger charge is 2.57. The van der Waals surface area contributed by atoms with Crippen molar-refractivity contribution in [3.63, 3.8) is 0 Å². The summed E-state index contributed by atoms with van der Waals surface area (Å²) in [6.07, 6.45) is 1.32. The Labute approximate surface area is 237 Å². The van der Waals surface area contributed by atoms with Gasteiger partial charge in [0, 0.05) is 39.9 Å². The highest BCUT2D eigenvalue weighted by Crippen LogP contribution is 2.57. The van der Waals surface area contributed by atoms with E-state index >= 15 is 0 Å². The largest absolute Gasteiger partial charge is 0.471 e. The zero-order chi connectivity index (χ0) is 30.3. The van der Waals surface area contributed by atoms with E-state index in [1.165, 1.54) is 48.7 Å². The van der Waals surface area contributed by atoms with Gasteiger partial charge in [0.1, 0.15) is 17.3 Å². The number of carbonyl (C=O) groups is 1. The molecule has 0 saturated carbocycles. The van der Waals surface area contributed by atoms with Crippen molar-refractivity contribution in [3.8, 4) is 11.5 Å². The van der Waals surface area contributed by atoms with Crippen LogP contribution in [0.15, 0.2) is 59.5 Å². The Balaban J connectivity index is 2.02. The summed E-state index contributed by atoms with van der Waals surface area (Å²) in [6.45, 7) is 11.9. The van der Waals surface area contributed by atoms with Gasteiger partial charge in [-0.05, 0) is 48.9 Å². The summed E-state index contributed by atoms with van der Waals surface area (Å²) in [5.74, 6) is -0.613. The number of anilines is 1. The summed E-state index contributed by atoms with van der Waals surface area (Å²) in [5.41, 5.74) is -3.63. The van der Waals surface area contributed by atoms with Gasteiger partial charge in [-0.15, -0.1) is 0 Å². The maximum atomic E-state index is 13.5. The number of nitrogens with one attached hydrogen (secondary N) is 1. The Morgan fingerprint density at radius 2 is 1.60 bits per heavy atom. The zero-order valence-electron chi connectivity index (χ0n) is 23.3. The number of hydrogen-bond acceptors (Lipinski definition) is 5. The minimum absolute atomic E-state index is 0.0980. The van der Waals surface area contributed by atoms with Crippen LogP contribution in [0.5, 0.6) is 11.5 Å². The van der Waals surface area contributed by atoms with Crippen molar-refractivity contribution in [2.45, 2.75) is 54.2 Å². The van der Waals surface area contributed by atoms with E-state index < -0.39 is 41.7 Å². The average Bonchev–Trinajstić information content (AvgIpc) is 2.77. The first-order chi connectivity index (χ1) is 18.2. The summed E-state index contributed by atoms with van der Waals surface area (Å²) >= 11 is 6.13. The molecule has 0 spiro atoms. The SMILES string of the molecule is Cc1cc(F)ccc1Oc1cc(Cl)ccc1C(=O)Nc1ccn(C(OP(=O)(O)O)(C(C)(C)C)C(C)(C)C)c(=O)c1. The maximum Gasteiger partial charge on any atom is 0.471 e. The monoisotopic (exact) mass is 594 g/mol. The number of aryl methyl sites for hydroxylation is 1. The molecule has 3 rings (SSSR count). The summed E-state index contributed by atoms with van der Waals surface area (Å²) in [7, 11) is -5.06. The Bertz CT molecular complexity index is 1520. The summed E-state index contributed by atoms with van der Waals surface area (Å²) in [6, 6.07) is 10.9. The van der Waals surface area contributed by atoms with Crippen LogP contribution in [-0.4, -0.2) is 20.3 Å². The number of hydrogen-bond donors (Lipinski definition) is 3. The minimum atomic E-state index is -5.06. The van der Waals surface area contributed by atoms with E-state index in [0.29, 0.717) is 16.3 Å². The molecule has 0 radical (unpaired) electrons. The quantitative estimate of drug-likeness (QED) is 0.255. The van der Waals surface area contributed by atoms with Crippen molar-refractivity contribution in [1.82, 2.24) is 4.57 Å². The summed E-state index contributed by atoms with van der Waals surface area (Å²) in [4.78, 5) is 46.2. The molecule has 0 fully saturated rings. The van der Waals surface area contributed by atoms with E-state index in [-0.39, 0.29) is 17.0 Å². The lowest BCUT2D eigenvalue weighted by Crippen LogP contribution is -2.59. The molecule has 0 aliphatic carbocycles. The Hall–Kier alpha value is -3.01. The fourth-order valence-electron chi connectivity index (χ4n) is 4.97. The molecule has 1 amide bonds. The second-order valence-electron chi connectivity index (χ2n) is 11.5. The standard InChI is InChI=1S/C28H33ClFN2O7P/c1-17-14-19(30)9-11-22(17)38-23-15-18(29)8-10-21(23)25(34)31-20-12-13-32(24(33)16-20)28(26(2,3)4,27(5,6)7)39-40(35,36)37/h8-16H,1-7H3,(H,31,34)(H2,35,36,37). The molecule has 0 aliphatic heterocycles. The number of halogens is 2. The molecule has 0 aliphatic rings. The summed E-state index contributed by atoms with van der Waals surface area (Å²) in [5, 5.41) is 2.95. The lowest BCUT2D eigenvalue weighted by molar-refractivity contribution is -0.193. The number of nitrogens with zero attached hydrogens (tertiary/aromatic N) is 1. The number of benzene rings is 2. The van der Waals surface area contributed by atoms with Gasteiger partial charge in [0.15, 0.2) is 5.72 Å². The minimum Gasteiger partial charge on any atom is -0.456 e. The second kappa shape index (κ2) is 11.1. The third-order valence-electron chi connectivity index (χ3n) is 6.35. The molecule has 12 heteroatoms. The van der Waals surface area contributed by atoms with Gasteiger partial charge in [0.25, 0.3) is 11.5 Å². The first-order valence-electron chi connectivity index (χ1n) is 12.3. The molecule has 2 aromatic carbocycles. The van der Waals surface area contributed by atoms with Gasteiger partial charge in [-0.25, -0.2) is 8.96 Å². The van der Waals surface area contributed by atoms with Gasteiger partial charge in [0.05, 0.1) is 5.56 Å². The van der Waals surface area contributed by atoms with Gasteiger partial charge >= 0.3 is 7.82 Å². The summed E-state index contributed by atoms with van der Waals surface area (Å²) < 4.78 is 38.0. The number of phosphoric acid groups is 1. The molecule has 3 N–H and O–H groups in total. The Morgan fingerprint density at radius 3 is 2.12 bits per heavy atom. The van der Waals surface area contributed by atoms with Crippen LogP contribution in [-0.2, 0) is 14.8 Å². The third-order valence-corrected chi connectivity index (χ3v) is 7.08. The highest BCUT2D eigenvalue weighted by molar-refractivity contribution is 7.46. The number of pyridine rings is 1. The lowest BCUT2D eigenvalue weighted by atomic mass is 9.68. The van der Waals surface area contributed by atoms with E-state index in [1.807, 2.05) is 0 Å². The molecule has 0 unspecified atom stereocenters. The normalized spacial score (nSPS) is 12.8. The van der Waals surface area contributed by atoms with Crippen molar-refractivity contribution < 1.29 is 32.8 Å². The molecule has 1 aromatic heterocycles. The van der Waals surface area contributed by atoms with Crippen molar-refractivity contribution in [3.05, 3.63) is 87.0 Å². The van der Waals surface area contributed by atoms with Gasteiger partial charge in [0.2, 0.25) is 0 Å². The fourth-order valence-corrected chi connectivity index (χ4v) is 6.11. The smallest absolute Gasteiger partial charge is 0.456 e. The fraction of sp³-hybridized carbons (Fsp3) is 0.357. The van der Waals surface area contributed by atoms with Gasteiger partial charge in [-0.2, -0.15) is 0 Å². The predicted molar refractivity (Wildman–Crippen MR) is 151 cm³/mol. The molecule has 0 bridgehead atoms. The first-order valence-corrected chi connectivity index (χ1v) is 14.2. The molecule has 0 saturated heterocycles. The van der Waals surface area contributed by atoms with E-state index in [2.05, 4.69) is 5.32 Å². The number of phosphoric ester groups is 1.